The minimum absolute atomic E-state index is 0.217. The van der Waals surface area contributed by atoms with Crippen LogP contribution >= 0.6 is 15.9 Å². The molecule has 0 aliphatic heterocycles. The average Bonchev–Trinajstić information content (AvgIpc) is 2.26. The van der Waals surface area contributed by atoms with Gasteiger partial charge in [0.15, 0.2) is 6.79 Å². The van der Waals surface area contributed by atoms with Crippen LogP contribution in [0.15, 0.2) is 34.8 Å². The lowest BCUT2D eigenvalue weighted by Crippen LogP contribution is -2.00. The minimum Gasteiger partial charge on any atom is -0.451 e. The fourth-order valence-electron chi connectivity index (χ4n) is 1.28. The summed E-state index contributed by atoms with van der Waals surface area (Å²) >= 11 is 3.41. The summed E-state index contributed by atoms with van der Waals surface area (Å²) in [5.41, 5.74) is 0.909. The van der Waals surface area contributed by atoms with Crippen molar-refractivity contribution < 1.29 is 9.47 Å². The largest absolute Gasteiger partial charge is 0.451 e. The Morgan fingerprint density at radius 2 is 2.13 bits per heavy atom. The van der Waals surface area contributed by atoms with Crippen LogP contribution in [0.1, 0.15) is 0 Å². The number of methoxy groups -OCH3 is 1. The summed E-state index contributed by atoms with van der Waals surface area (Å²) in [6.07, 6.45) is 0. The van der Waals surface area contributed by atoms with Crippen LogP contribution in [0, 0.1) is 0 Å². The molecule has 0 atom stereocenters. The van der Waals surface area contributed by atoms with Crippen LogP contribution in [0.4, 0.5) is 0 Å². The van der Waals surface area contributed by atoms with Crippen molar-refractivity contribution >= 4 is 26.8 Å². The van der Waals surface area contributed by atoms with E-state index in [1.165, 1.54) is 0 Å². The Morgan fingerprint density at radius 3 is 2.93 bits per heavy atom. The van der Waals surface area contributed by atoms with Gasteiger partial charge < -0.3 is 9.47 Å². The molecule has 0 saturated carbocycles. The van der Waals surface area contributed by atoms with Crippen LogP contribution in [-0.4, -0.2) is 18.9 Å². The molecule has 0 spiro atoms. The molecule has 15 heavy (non-hydrogen) atoms. The van der Waals surface area contributed by atoms with Crippen molar-refractivity contribution in [1.29, 1.82) is 0 Å². The SMILES string of the molecule is COCOc1ccc2cc(Br)ccc2n1. The first-order valence-electron chi connectivity index (χ1n) is 4.47. The number of hydrogen-bond donors (Lipinski definition) is 0. The van der Waals surface area contributed by atoms with Crippen molar-refractivity contribution in [2.45, 2.75) is 0 Å². The summed E-state index contributed by atoms with van der Waals surface area (Å²) < 4.78 is 11.1. The van der Waals surface area contributed by atoms with Gasteiger partial charge in [0.05, 0.1) is 5.52 Å². The van der Waals surface area contributed by atoms with Crippen LogP contribution in [0.3, 0.4) is 0 Å². The lowest BCUT2D eigenvalue weighted by molar-refractivity contribution is 0.0481. The molecule has 0 fully saturated rings. The third-order valence-corrected chi connectivity index (χ3v) is 2.44. The molecule has 0 bridgehead atoms. The Labute approximate surface area is 96.2 Å². The summed E-state index contributed by atoms with van der Waals surface area (Å²) in [6, 6.07) is 9.71. The maximum absolute atomic E-state index is 5.25. The number of benzene rings is 1. The summed E-state index contributed by atoms with van der Waals surface area (Å²) in [5, 5.41) is 1.08. The van der Waals surface area contributed by atoms with Gasteiger partial charge in [-0.25, -0.2) is 4.98 Å². The quantitative estimate of drug-likeness (QED) is 0.802. The molecule has 2 rings (SSSR count). The van der Waals surface area contributed by atoms with Gasteiger partial charge in [-0.2, -0.15) is 0 Å². The number of fused-ring (bicyclic) bond motifs is 1. The second-order valence-corrected chi connectivity index (χ2v) is 3.95. The first kappa shape index (κ1) is 10.4. The van der Waals surface area contributed by atoms with Crippen LogP contribution in [-0.2, 0) is 4.74 Å². The second kappa shape index (κ2) is 4.59. The maximum Gasteiger partial charge on any atom is 0.216 e. The Bertz CT molecular complexity index is 473. The second-order valence-electron chi connectivity index (χ2n) is 3.04. The van der Waals surface area contributed by atoms with E-state index in [1.54, 1.807) is 7.11 Å². The van der Waals surface area contributed by atoms with E-state index < -0.39 is 0 Å². The van der Waals surface area contributed by atoms with Crippen molar-refractivity contribution in [2.24, 2.45) is 0 Å². The number of pyridine rings is 1. The number of halogens is 1. The first-order chi connectivity index (χ1) is 7.29. The van der Waals surface area contributed by atoms with E-state index >= 15 is 0 Å². The normalized spacial score (nSPS) is 10.5. The average molecular weight is 268 g/mol. The Morgan fingerprint density at radius 1 is 1.27 bits per heavy atom. The zero-order chi connectivity index (χ0) is 10.7. The van der Waals surface area contributed by atoms with Crippen molar-refractivity contribution in [2.75, 3.05) is 13.9 Å². The van der Waals surface area contributed by atoms with Gasteiger partial charge in [-0.05, 0) is 24.3 Å². The Balaban J connectivity index is 2.34. The highest BCUT2D eigenvalue weighted by Gasteiger charge is 1.99. The monoisotopic (exact) mass is 267 g/mol. The van der Waals surface area contributed by atoms with Crippen molar-refractivity contribution in [1.82, 2.24) is 4.98 Å². The number of nitrogens with zero attached hydrogens (tertiary/aromatic N) is 1. The number of hydrogen-bond acceptors (Lipinski definition) is 3. The van der Waals surface area contributed by atoms with Crippen LogP contribution in [0.25, 0.3) is 10.9 Å². The van der Waals surface area contributed by atoms with Gasteiger partial charge in [0, 0.05) is 23.0 Å². The predicted octanol–water partition coefficient (Wildman–Crippen LogP) is 2.98. The molecule has 0 saturated heterocycles. The molecule has 0 aliphatic rings. The van der Waals surface area contributed by atoms with E-state index in [0.29, 0.717) is 5.88 Å². The van der Waals surface area contributed by atoms with Crippen molar-refractivity contribution in [3.05, 3.63) is 34.8 Å². The topological polar surface area (TPSA) is 31.4 Å². The number of rotatable bonds is 3. The summed E-state index contributed by atoms with van der Waals surface area (Å²) in [7, 11) is 1.58. The molecule has 0 aliphatic carbocycles. The van der Waals surface area contributed by atoms with Gasteiger partial charge in [-0.3, -0.25) is 0 Å². The highest BCUT2D eigenvalue weighted by atomic mass is 79.9. The molecule has 78 valence electrons. The van der Waals surface area contributed by atoms with E-state index in [-0.39, 0.29) is 6.79 Å². The zero-order valence-electron chi connectivity index (χ0n) is 8.24. The molecule has 1 aromatic carbocycles. The smallest absolute Gasteiger partial charge is 0.216 e. The maximum atomic E-state index is 5.25. The summed E-state index contributed by atoms with van der Waals surface area (Å²) in [4.78, 5) is 4.33. The molecule has 2 aromatic rings. The third kappa shape index (κ3) is 2.46. The molecule has 1 aromatic heterocycles. The molecule has 1 heterocycles. The van der Waals surface area contributed by atoms with E-state index in [2.05, 4.69) is 20.9 Å². The predicted molar refractivity (Wildman–Crippen MR) is 61.9 cm³/mol. The van der Waals surface area contributed by atoms with Crippen LogP contribution in [0.5, 0.6) is 5.88 Å². The van der Waals surface area contributed by atoms with Crippen LogP contribution in [0.2, 0.25) is 0 Å². The lowest BCUT2D eigenvalue weighted by atomic mass is 10.2. The highest BCUT2D eigenvalue weighted by Crippen LogP contribution is 2.20. The van der Waals surface area contributed by atoms with Gasteiger partial charge in [0.2, 0.25) is 5.88 Å². The highest BCUT2D eigenvalue weighted by molar-refractivity contribution is 9.10. The first-order valence-corrected chi connectivity index (χ1v) is 5.27. The van der Waals surface area contributed by atoms with E-state index in [1.807, 2.05) is 30.3 Å². The van der Waals surface area contributed by atoms with E-state index in [0.717, 1.165) is 15.4 Å². The fraction of sp³-hybridized carbons (Fsp3) is 0.182. The Hall–Kier alpha value is -1.13. The fourth-order valence-corrected chi connectivity index (χ4v) is 1.66. The third-order valence-electron chi connectivity index (χ3n) is 1.95. The Kier molecular flexibility index (Phi) is 3.18. The number of ether oxygens (including phenoxy) is 2. The number of aromatic nitrogens is 1. The lowest BCUT2D eigenvalue weighted by Gasteiger charge is -2.04. The van der Waals surface area contributed by atoms with Crippen LogP contribution < -0.4 is 4.74 Å². The van der Waals surface area contributed by atoms with E-state index in [9.17, 15) is 0 Å². The molecule has 0 unspecified atom stereocenters. The molecular formula is C11H10BrNO2. The summed E-state index contributed by atoms with van der Waals surface area (Å²) in [5.74, 6) is 0.576. The van der Waals surface area contributed by atoms with Gasteiger partial charge in [-0.1, -0.05) is 15.9 Å². The minimum atomic E-state index is 0.217. The van der Waals surface area contributed by atoms with E-state index in [4.69, 9.17) is 9.47 Å². The van der Waals surface area contributed by atoms with Gasteiger partial charge >= 0.3 is 0 Å². The molecule has 4 heteroatoms. The molecule has 0 N–H and O–H groups in total. The molecule has 0 radical (unpaired) electrons. The zero-order valence-corrected chi connectivity index (χ0v) is 9.82. The van der Waals surface area contributed by atoms with Gasteiger partial charge in [0.1, 0.15) is 0 Å². The van der Waals surface area contributed by atoms with Crippen molar-refractivity contribution in [3.8, 4) is 5.88 Å². The van der Waals surface area contributed by atoms with Gasteiger partial charge in [0.25, 0.3) is 0 Å². The molecular weight excluding hydrogens is 258 g/mol. The molecule has 0 amide bonds. The van der Waals surface area contributed by atoms with Gasteiger partial charge in [-0.15, -0.1) is 0 Å². The standard InChI is InChI=1S/C11H10BrNO2/c1-14-7-15-11-5-2-8-6-9(12)3-4-10(8)13-11/h2-6H,7H2,1H3. The van der Waals surface area contributed by atoms with Crippen molar-refractivity contribution in [3.63, 3.8) is 0 Å². The summed E-state index contributed by atoms with van der Waals surface area (Å²) in [6.45, 7) is 0.217. The molecule has 3 nitrogen and oxygen atoms in total.